The first-order valence-electron chi connectivity index (χ1n) is 10.4. The Kier molecular flexibility index (Phi) is 5.03. The standard InChI is InChI=1S/C24H22N6O2/c1-15(31)26-13-16-2-4-17(5-3-16)23-24(30-11-10-25-14-22(30)28-23)27-19-7-8-20-18(12-19)6-9-21(20)29-32/h2-5,7-8,10-12,14,27,32H,6,9,13H2,1H3,(H,26,31)/b29-21+. The number of aromatic nitrogens is 3. The summed E-state index contributed by atoms with van der Waals surface area (Å²) in [6.07, 6.45) is 6.93. The molecule has 0 aliphatic heterocycles. The first kappa shape index (κ1) is 19.7. The Hall–Kier alpha value is -4.20. The zero-order valence-electron chi connectivity index (χ0n) is 17.5. The summed E-state index contributed by atoms with van der Waals surface area (Å²) >= 11 is 0. The van der Waals surface area contributed by atoms with Gasteiger partial charge in [-0.25, -0.2) is 4.98 Å². The smallest absolute Gasteiger partial charge is 0.217 e. The van der Waals surface area contributed by atoms with Crippen molar-refractivity contribution in [2.75, 3.05) is 5.32 Å². The molecule has 0 saturated carbocycles. The van der Waals surface area contributed by atoms with E-state index in [1.165, 1.54) is 6.92 Å². The van der Waals surface area contributed by atoms with E-state index < -0.39 is 0 Å². The molecule has 1 aliphatic rings. The fourth-order valence-electron chi connectivity index (χ4n) is 4.02. The van der Waals surface area contributed by atoms with Crippen molar-refractivity contribution in [3.63, 3.8) is 0 Å². The number of benzene rings is 2. The van der Waals surface area contributed by atoms with E-state index in [2.05, 4.69) is 26.8 Å². The number of rotatable bonds is 5. The molecule has 0 bridgehead atoms. The molecular formula is C24H22N6O2. The third-order valence-corrected chi connectivity index (χ3v) is 5.63. The van der Waals surface area contributed by atoms with Crippen molar-refractivity contribution < 1.29 is 10.0 Å². The van der Waals surface area contributed by atoms with Crippen molar-refractivity contribution in [3.8, 4) is 11.3 Å². The van der Waals surface area contributed by atoms with E-state index in [0.717, 1.165) is 63.7 Å². The minimum Gasteiger partial charge on any atom is -0.411 e. The molecule has 160 valence electrons. The van der Waals surface area contributed by atoms with Crippen LogP contribution >= 0.6 is 0 Å². The van der Waals surface area contributed by atoms with Crippen molar-refractivity contribution in [3.05, 3.63) is 77.7 Å². The zero-order chi connectivity index (χ0) is 22.1. The number of imidazole rings is 1. The van der Waals surface area contributed by atoms with E-state index in [0.29, 0.717) is 6.54 Å². The number of fused-ring (bicyclic) bond motifs is 2. The molecular weight excluding hydrogens is 404 g/mol. The second-order valence-electron chi connectivity index (χ2n) is 7.76. The van der Waals surface area contributed by atoms with Crippen LogP contribution < -0.4 is 10.6 Å². The fourth-order valence-corrected chi connectivity index (χ4v) is 4.02. The third kappa shape index (κ3) is 3.66. The highest BCUT2D eigenvalue weighted by Gasteiger charge is 2.20. The van der Waals surface area contributed by atoms with Crippen LogP contribution in [-0.4, -0.2) is 31.2 Å². The van der Waals surface area contributed by atoms with Crippen LogP contribution in [0.3, 0.4) is 0 Å². The van der Waals surface area contributed by atoms with Crippen LogP contribution in [0.1, 0.15) is 30.0 Å². The van der Waals surface area contributed by atoms with Gasteiger partial charge in [0.25, 0.3) is 0 Å². The lowest BCUT2D eigenvalue weighted by molar-refractivity contribution is -0.119. The van der Waals surface area contributed by atoms with Gasteiger partial charge < -0.3 is 15.8 Å². The van der Waals surface area contributed by atoms with Gasteiger partial charge >= 0.3 is 0 Å². The Bertz CT molecular complexity index is 1340. The van der Waals surface area contributed by atoms with Gasteiger partial charge in [0.15, 0.2) is 5.65 Å². The van der Waals surface area contributed by atoms with Crippen molar-refractivity contribution in [2.45, 2.75) is 26.3 Å². The Morgan fingerprint density at radius 1 is 1.19 bits per heavy atom. The second kappa shape index (κ2) is 8.14. The molecule has 0 atom stereocenters. The van der Waals surface area contributed by atoms with Crippen LogP contribution in [0.5, 0.6) is 0 Å². The SMILES string of the molecule is CC(=O)NCc1ccc(-c2nc3cnccn3c2Nc2ccc3c(c2)CC/C3=N\O)cc1. The molecule has 4 aromatic rings. The Balaban J connectivity index is 1.51. The quantitative estimate of drug-likeness (QED) is 0.332. The average Bonchev–Trinajstić information content (AvgIpc) is 3.39. The molecule has 2 aromatic carbocycles. The first-order valence-corrected chi connectivity index (χ1v) is 10.4. The van der Waals surface area contributed by atoms with Gasteiger partial charge in [-0.1, -0.05) is 35.5 Å². The maximum Gasteiger partial charge on any atom is 0.217 e. The summed E-state index contributed by atoms with van der Waals surface area (Å²) in [5.74, 6) is 0.783. The van der Waals surface area contributed by atoms with Crippen LogP contribution in [0, 0.1) is 0 Å². The van der Waals surface area contributed by atoms with Crippen molar-refractivity contribution >= 4 is 28.8 Å². The summed E-state index contributed by atoms with van der Waals surface area (Å²) in [6, 6.07) is 14.0. The normalized spacial score (nSPS) is 14.0. The zero-order valence-corrected chi connectivity index (χ0v) is 17.5. The molecule has 0 unspecified atom stereocenters. The van der Waals surface area contributed by atoms with Crippen LogP contribution in [0.4, 0.5) is 11.5 Å². The molecule has 1 amide bonds. The molecule has 5 rings (SSSR count). The second-order valence-corrected chi connectivity index (χ2v) is 7.76. The van der Waals surface area contributed by atoms with E-state index >= 15 is 0 Å². The summed E-state index contributed by atoms with van der Waals surface area (Å²) in [5.41, 5.74) is 7.34. The van der Waals surface area contributed by atoms with Crippen LogP contribution in [-0.2, 0) is 17.8 Å². The summed E-state index contributed by atoms with van der Waals surface area (Å²) in [5, 5.41) is 18.9. The van der Waals surface area contributed by atoms with Gasteiger partial charge in [-0.3, -0.25) is 14.2 Å². The fraction of sp³-hybridized carbons (Fsp3) is 0.167. The molecule has 2 heterocycles. The van der Waals surface area contributed by atoms with Gasteiger partial charge in [0.2, 0.25) is 5.91 Å². The highest BCUT2D eigenvalue weighted by molar-refractivity contribution is 6.04. The number of anilines is 2. The van der Waals surface area contributed by atoms with Crippen molar-refractivity contribution in [2.24, 2.45) is 5.16 Å². The molecule has 2 aromatic heterocycles. The highest BCUT2D eigenvalue weighted by Crippen LogP contribution is 2.33. The summed E-state index contributed by atoms with van der Waals surface area (Å²) < 4.78 is 1.97. The number of nitrogens with zero attached hydrogens (tertiary/aromatic N) is 4. The monoisotopic (exact) mass is 426 g/mol. The van der Waals surface area contributed by atoms with Gasteiger partial charge in [0, 0.05) is 42.7 Å². The number of aryl methyl sites for hydroxylation is 1. The number of carbonyl (C=O) groups is 1. The lowest BCUT2D eigenvalue weighted by Gasteiger charge is -2.11. The number of oxime groups is 1. The van der Waals surface area contributed by atoms with Crippen molar-refractivity contribution in [1.29, 1.82) is 0 Å². The molecule has 0 saturated heterocycles. The first-order chi connectivity index (χ1) is 15.6. The largest absolute Gasteiger partial charge is 0.411 e. The molecule has 1 aliphatic carbocycles. The van der Waals surface area contributed by atoms with Crippen LogP contribution in [0.2, 0.25) is 0 Å². The Morgan fingerprint density at radius 3 is 2.81 bits per heavy atom. The summed E-state index contributed by atoms with van der Waals surface area (Å²) in [7, 11) is 0. The lowest BCUT2D eigenvalue weighted by atomic mass is 10.1. The summed E-state index contributed by atoms with van der Waals surface area (Å²) in [6.45, 7) is 2.00. The maximum absolute atomic E-state index is 11.2. The number of carbonyl (C=O) groups excluding carboxylic acids is 1. The molecule has 32 heavy (non-hydrogen) atoms. The van der Waals surface area contributed by atoms with E-state index in [-0.39, 0.29) is 5.91 Å². The number of hydrogen-bond acceptors (Lipinski definition) is 6. The van der Waals surface area contributed by atoms with Crippen molar-refractivity contribution in [1.82, 2.24) is 19.7 Å². The topological polar surface area (TPSA) is 104 Å². The number of nitrogens with one attached hydrogen (secondary N) is 2. The maximum atomic E-state index is 11.2. The molecule has 3 N–H and O–H groups in total. The van der Waals surface area contributed by atoms with E-state index in [1.807, 2.05) is 47.0 Å². The van der Waals surface area contributed by atoms with Crippen LogP contribution in [0.15, 0.2) is 66.2 Å². The van der Waals surface area contributed by atoms with Gasteiger partial charge in [0.05, 0.1) is 11.9 Å². The third-order valence-electron chi connectivity index (χ3n) is 5.63. The molecule has 0 radical (unpaired) electrons. The van der Waals surface area contributed by atoms with Crippen LogP contribution in [0.25, 0.3) is 16.9 Å². The van der Waals surface area contributed by atoms with Gasteiger partial charge in [-0.2, -0.15) is 0 Å². The summed E-state index contributed by atoms with van der Waals surface area (Å²) in [4.78, 5) is 20.2. The minimum absolute atomic E-state index is 0.0554. The Morgan fingerprint density at radius 2 is 2.03 bits per heavy atom. The number of amides is 1. The van der Waals surface area contributed by atoms with E-state index in [9.17, 15) is 10.0 Å². The minimum atomic E-state index is -0.0554. The van der Waals surface area contributed by atoms with Gasteiger partial charge in [-0.05, 0) is 36.1 Å². The molecule has 0 fully saturated rings. The average molecular weight is 426 g/mol. The lowest BCUT2D eigenvalue weighted by Crippen LogP contribution is -2.18. The highest BCUT2D eigenvalue weighted by atomic mass is 16.4. The number of hydrogen-bond donors (Lipinski definition) is 3. The molecule has 8 heteroatoms. The Labute approximate surface area is 184 Å². The molecule has 8 nitrogen and oxygen atoms in total. The van der Waals surface area contributed by atoms with E-state index in [4.69, 9.17) is 4.98 Å². The van der Waals surface area contributed by atoms with Gasteiger partial charge in [0.1, 0.15) is 11.5 Å². The van der Waals surface area contributed by atoms with E-state index in [1.54, 1.807) is 12.4 Å². The van der Waals surface area contributed by atoms with Gasteiger partial charge in [-0.15, -0.1) is 0 Å². The predicted molar refractivity (Wildman–Crippen MR) is 122 cm³/mol. The molecule has 0 spiro atoms. The predicted octanol–water partition coefficient (Wildman–Crippen LogP) is 3.90.